The van der Waals surface area contributed by atoms with Gasteiger partial charge in [-0.1, -0.05) is 24.3 Å². The first-order chi connectivity index (χ1) is 6.85. The van der Waals surface area contributed by atoms with E-state index in [-0.39, 0.29) is 0 Å². The van der Waals surface area contributed by atoms with Crippen molar-refractivity contribution in [3.63, 3.8) is 0 Å². The van der Waals surface area contributed by atoms with Crippen LogP contribution in [0.2, 0.25) is 0 Å². The van der Waals surface area contributed by atoms with Crippen LogP contribution in [0.4, 0.5) is 0 Å². The second-order valence-electron chi connectivity index (χ2n) is 5.61. The van der Waals surface area contributed by atoms with E-state index in [1.807, 2.05) is 0 Å². The SMILES string of the molecule is C1=CC2=C(C=CC1)C1(CC1)CC21CC1. The second-order valence-corrected chi connectivity index (χ2v) is 5.61. The van der Waals surface area contributed by atoms with Gasteiger partial charge in [-0.2, -0.15) is 0 Å². The average molecular weight is 184 g/mol. The smallest absolute Gasteiger partial charge is 0.00350 e. The molecule has 0 nitrogen and oxygen atoms in total. The molecule has 0 heteroatoms. The minimum absolute atomic E-state index is 0.664. The molecule has 0 bridgehead atoms. The van der Waals surface area contributed by atoms with Gasteiger partial charge in [-0.25, -0.2) is 0 Å². The van der Waals surface area contributed by atoms with Crippen molar-refractivity contribution >= 4 is 0 Å². The monoisotopic (exact) mass is 184 g/mol. The third kappa shape index (κ3) is 0.762. The van der Waals surface area contributed by atoms with Crippen molar-refractivity contribution in [3.8, 4) is 0 Å². The molecule has 0 N–H and O–H groups in total. The van der Waals surface area contributed by atoms with Crippen molar-refractivity contribution in [2.75, 3.05) is 0 Å². The molecule has 0 atom stereocenters. The maximum Gasteiger partial charge on any atom is -0.00350 e. The number of hydrogen-bond acceptors (Lipinski definition) is 0. The quantitative estimate of drug-likeness (QED) is 0.537. The van der Waals surface area contributed by atoms with Crippen molar-refractivity contribution in [2.24, 2.45) is 10.8 Å². The maximum atomic E-state index is 2.44. The van der Waals surface area contributed by atoms with Crippen LogP contribution in [0.15, 0.2) is 35.5 Å². The molecule has 4 rings (SSSR count). The summed E-state index contributed by atoms with van der Waals surface area (Å²) in [5.41, 5.74) is 4.78. The van der Waals surface area contributed by atoms with Gasteiger partial charge < -0.3 is 0 Å². The average Bonchev–Trinajstić information content (AvgIpc) is 2.99. The molecule has 2 saturated carbocycles. The molecular weight excluding hydrogens is 168 g/mol. The van der Waals surface area contributed by atoms with Crippen LogP contribution in [0, 0.1) is 10.8 Å². The van der Waals surface area contributed by atoms with Gasteiger partial charge in [0.05, 0.1) is 0 Å². The molecule has 0 aromatic carbocycles. The van der Waals surface area contributed by atoms with E-state index in [2.05, 4.69) is 24.3 Å². The minimum atomic E-state index is 0.664. The van der Waals surface area contributed by atoms with Gasteiger partial charge in [0.2, 0.25) is 0 Å². The van der Waals surface area contributed by atoms with Crippen LogP contribution < -0.4 is 0 Å². The highest BCUT2D eigenvalue weighted by Crippen LogP contribution is 2.74. The zero-order chi connectivity index (χ0) is 9.23. The van der Waals surface area contributed by atoms with E-state index in [1.165, 1.54) is 32.1 Å². The molecule has 72 valence electrons. The van der Waals surface area contributed by atoms with E-state index in [0.717, 1.165) is 6.42 Å². The predicted octanol–water partition coefficient (Wildman–Crippen LogP) is 3.76. The first-order valence-electron chi connectivity index (χ1n) is 5.93. The number of rotatable bonds is 0. The van der Waals surface area contributed by atoms with E-state index < -0.39 is 0 Å². The zero-order valence-corrected chi connectivity index (χ0v) is 8.55. The molecule has 0 heterocycles. The van der Waals surface area contributed by atoms with E-state index in [0.29, 0.717) is 10.8 Å². The predicted molar refractivity (Wildman–Crippen MR) is 57.9 cm³/mol. The van der Waals surface area contributed by atoms with Crippen LogP contribution in [-0.4, -0.2) is 0 Å². The molecule has 0 saturated heterocycles. The van der Waals surface area contributed by atoms with Crippen molar-refractivity contribution in [3.05, 3.63) is 35.5 Å². The molecule has 14 heavy (non-hydrogen) atoms. The second kappa shape index (κ2) is 2.08. The van der Waals surface area contributed by atoms with Crippen LogP contribution >= 0.6 is 0 Å². The number of hydrogen-bond donors (Lipinski definition) is 0. The van der Waals surface area contributed by atoms with Gasteiger partial charge in [-0.15, -0.1) is 0 Å². The molecule has 2 spiro atoms. The van der Waals surface area contributed by atoms with E-state index in [9.17, 15) is 0 Å². The van der Waals surface area contributed by atoms with Crippen molar-refractivity contribution in [1.82, 2.24) is 0 Å². The fraction of sp³-hybridized carbons (Fsp3) is 0.571. The Bertz CT molecular complexity index is 348. The third-order valence-electron chi connectivity index (χ3n) is 4.66. The Kier molecular flexibility index (Phi) is 1.11. The zero-order valence-electron chi connectivity index (χ0n) is 8.55. The molecule has 2 fully saturated rings. The minimum Gasteiger partial charge on any atom is -0.0804 e. The molecule has 0 aromatic heterocycles. The highest BCUT2D eigenvalue weighted by Gasteiger charge is 2.62. The van der Waals surface area contributed by atoms with Crippen molar-refractivity contribution < 1.29 is 0 Å². The Labute approximate surface area is 85.4 Å². The summed E-state index contributed by atoms with van der Waals surface area (Å²) in [7, 11) is 0. The lowest BCUT2D eigenvalue weighted by atomic mass is 9.94. The van der Waals surface area contributed by atoms with E-state index in [1.54, 1.807) is 11.1 Å². The first-order valence-corrected chi connectivity index (χ1v) is 5.93. The third-order valence-corrected chi connectivity index (χ3v) is 4.66. The highest BCUT2D eigenvalue weighted by molar-refractivity contribution is 5.53. The van der Waals surface area contributed by atoms with Crippen LogP contribution in [0.1, 0.15) is 38.5 Å². The summed E-state index contributed by atoms with van der Waals surface area (Å²) in [5, 5.41) is 0. The van der Waals surface area contributed by atoms with Crippen molar-refractivity contribution in [2.45, 2.75) is 38.5 Å². The van der Waals surface area contributed by atoms with Gasteiger partial charge >= 0.3 is 0 Å². The lowest BCUT2D eigenvalue weighted by Gasteiger charge is -2.10. The van der Waals surface area contributed by atoms with Crippen molar-refractivity contribution in [1.29, 1.82) is 0 Å². The highest BCUT2D eigenvalue weighted by atomic mass is 14.7. The van der Waals surface area contributed by atoms with Gasteiger partial charge in [-0.05, 0) is 60.5 Å². The van der Waals surface area contributed by atoms with Crippen LogP contribution in [0.25, 0.3) is 0 Å². The largest absolute Gasteiger partial charge is 0.0804 e. The Morgan fingerprint density at radius 3 is 1.71 bits per heavy atom. The van der Waals surface area contributed by atoms with Crippen LogP contribution in [0.5, 0.6) is 0 Å². The van der Waals surface area contributed by atoms with Gasteiger partial charge in [0.1, 0.15) is 0 Å². The Morgan fingerprint density at radius 2 is 1.29 bits per heavy atom. The van der Waals surface area contributed by atoms with Crippen LogP contribution in [0.3, 0.4) is 0 Å². The van der Waals surface area contributed by atoms with Gasteiger partial charge in [0.25, 0.3) is 0 Å². The lowest BCUT2D eigenvalue weighted by Crippen LogP contribution is -2.00. The van der Waals surface area contributed by atoms with Gasteiger partial charge in [-0.3, -0.25) is 0 Å². The summed E-state index contributed by atoms with van der Waals surface area (Å²) in [4.78, 5) is 0. The first kappa shape index (κ1) is 7.50. The normalized spacial score (nSPS) is 33.7. The standard InChI is InChI=1S/C14H16/c1-2-4-11-12(5-3-1)14(8-9-14)10-13(11)6-7-13/h2-5H,1,6-10H2. The molecule has 0 radical (unpaired) electrons. The fourth-order valence-electron chi connectivity index (χ4n) is 3.59. The molecular formula is C14H16. The molecule has 4 aliphatic carbocycles. The Hall–Kier alpha value is -0.780. The maximum absolute atomic E-state index is 2.44. The molecule has 0 aromatic rings. The van der Waals surface area contributed by atoms with Gasteiger partial charge in [0.15, 0.2) is 0 Å². The summed E-state index contributed by atoms with van der Waals surface area (Å²) < 4.78 is 0. The Morgan fingerprint density at radius 1 is 0.786 bits per heavy atom. The van der Waals surface area contributed by atoms with E-state index in [4.69, 9.17) is 0 Å². The Balaban J connectivity index is 1.93. The topological polar surface area (TPSA) is 0 Å². The van der Waals surface area contributed by atoms with Gasteiger partial charge in [0, 0.05) is 0 Å². The summed E-state index contributed by atoms with van der Waals surface area (Å²) in [5.74, 6) is 0. The summed E-state index contributed by atoms with van der Waals surface area (Å²) in [6, 6.07) is 0. The number of allylic oxidation sites excluding steroid dienone is 6. The molecule has 0 amide bonds. The van der Waals surface area contributed by atoms with Crippen LogP contribution in [-0.2, 0) is 0 Å². The van der Waals surface area contributed by atoms with E-state index >= 15 is 0 Å². The molecule has 0 aliphatic heterocycles. The molecule has 0 unspecified atom stereocenters. The number of fused-ring (bicyclic) bond motifs is 2. The summed E-state index contributed by atoms with van der Waals surface area (Å²) in [6.45, 7) is 0. The lowest BCUT2D eigenvalue weighted by molar-refractivity contribution is 0.485. The fourth-order valence-corrected chi connectivity index (χ4v) is 3.59. The summed E-state index contributed by atoms with van der Waals surface area (Å²) >= 11 is 0. The summed E-state index contributed by atoms with van der Waals surface area (Å²) in [6.07, 6.45) is 18.1. The molecule has 4 aliphatic rings.